The first-order valence-corrected chi connectivity index (χ1v) is 6.83. The van der Waals surface area contributed by atoms with Gasteiger partial charge in [-0.15, -0.1) is 0 Å². The molecule has 0 radical (unpaired) electrons. The second-order valence-electron chi connectivity index (χ2n) is 4.63. The van der Waals surface area contributed by atoms with Crippen LogP contribution in [0.25, 0.3) is 0 Å². The van der Waals surface area contributed by atoms with Crippen molar-refractivity contribution in [2.45, 2.75) is 12.7 Å². The fourth-order valence-electron chi connectivity index (χ4n) is 2.14. The topological polar surface area (TPSA) is 18.5 Å². The average molecular weight is 264 g/mol. The van der Waals surface area contributed by atoms with Crippen molar-refractivity contribution in [3.05, 3.63) is 71.3 Å². The van der Waals surface area contributed by atoms with Crippen molar-refractivity contribution in [2.75, 3.05) is 13.2 Å². The van der Waals surface area contributed by atoms with Crippen molar-refractivity contribution in [1.29, 1.82) is 0 Å². The quantitative estimate of drug-likeness (QED) is 0.734. The predicted octanol–water partition coefficient (Wildman–Crippen LogP) is 3.52. The second-order valence-corrected chi connectivity index (χ2v) is 4.63. The second kappa shape index (κ2) is 6.38. The zero-order valence-electron chi connectivity index (χ0n) is 11.2. The average Bonchev–Trinajstić information content (AvgIpc) is 2.55. The molecule has 0 N–H and O–H groups in total. The highest BCUT2D eigenvalue weighted by atomic mass is 16.7. The lowest BCUT2D eigenvalue weighted by molar-refractivity contribution is -0.183. The van der Waals surface area contributed by atoms with Crippen molar-refractivity contribution >= 4 is 0 Å². The highest BCUT2D eigenvalue weighted by Crippen LogP contribution is 2.25. The van der Waals surface area contributed by atoms with Gasteiger partial charge in [-0.1, -0.05) is 48.2 Å². The van der Waals surface area contributed by atoms with E-state index in [0.29, 0.717) is 0 Å². The summed E-state index contributed by atoms with van der Waals surface area (Å²) in [6.45, 7) is 1.48. The number of hydrogen-bond acceptors (Lipinski definition) is 2. The van der Waals surface area contributed by atoms with Gasteiger partial charge in [-0.3, -0.25) is 0 Å². The molecule has 0 aliphatic carbocycles. The van der Waals surface area contributed by atoms with Gasteiger partial charge in [-0.2, -0.15) is 0 Å². The van der Waals surface area contributed by atoms with Crippen LogP contribution in [0.3, 0.4) is 0 Å². The lowest BCUT2D eigenvalue weighted by Gasteiger charge is -2.24. The van der Waals surface area contributed by atoms with E-state index in [1.807, 2.05) is 54.6 Å². The highest BCUT2D eigenvalue weighted by Gasteiger charge is 2.18. The molecule has 2 heteroatoms. The summed E-state index contributed by atoms with van der Waals surface area (Å²) >= 11 is 0. The monoisotopic (exact) mass is 264 g/mol. The molecule has 1 saturated heterocycles. The molecule has 0 aromatic heterocycles. The minimum absolute atomic E-state index is 0.287. The summed E-state index contributed by atoms with van der Waals surface area (Å²) in [6, 6.07) is 18.0. The lowest BCUT2D eigenvalue weighted by Crippen LogP contribution is -2.18. The van der Waals surface area contributed by atoms with Gasteiger partial charge in [-0.25, -0.2) is 0 Å². The van der Waals surface area contributed by atoms with E-state index in [2.05, 4.69) is 11.8 Å². The third kappa shape index (κ3) is 3.08. The summed E-state index contributed by atoms with van der Waals surface area (Å²) < 4.78 is 11.3. The van der Waals surface area contributed by atoms with E-state index in [1.165, 1.54) is 0 Å². The van der Waals surface area contributed by atoms with Crippen molar-refractivity contribution in [2.24, 2.45) is 0 Å². The van der Waals surface area contributed by atoms with Crippen LogP contribution in [0, 0.1) is 11.8 Å². The number of benzene rings is 2. The normalized spacial score (nSPS) is 15.4. The van der Waals surface area contributed by atoms with Crippen LogP contribution in [0.2, 0.25) is 0 Å². The Morgan fingerprint density at radius 3 is 2.30 bits per heavy atom. The number of hydrogen-bond donors (Lipinski definition) is 0. The van der Waals surface area contributed by atoms with Gasteiger partial charge in [0, 0.05) is 16.7 Å². The molecule has 0 unspecified atom stereocenters. The molecule has 2 aromatic rings. The van der Waals surface area contributed by atoms with E-state index in [0.717, 1.165) is 36.3 Å². The maximum atomic E-state index is 5.67. The van der Waals surface area contributed by atoms with Gasteiger partial charge in [0.05, 0.1) is 13.2 Å². The Morgan fingerprint density at radius 2 is 1.50 bits per heavy atom. The first kappa shape index (κ1) is 12.9. The van der Waals surface area contributed by atoms with E-state index >= 15 is 0 Å². The van der Waals surface area contributed by atoms with Gasteiger partial charge in [0.15, 0.2) is 6.29 Å². The molecule has 2 aromatic carbocycles. The van der Waals surface area contributed by atoms with E-state index in [9.17, 15) is 0 Å². The van der Waals surface area contributed by atoms with Crippen LogP contribution in [0.1, 0.15) is 29.4 Å². The third-order valence-electron chi connectivity index (χ3n) is 3.16. The Kier molecular flexibility index (Phi) is 4.13. The van der Waals surface area contributed by atoms with Gasteiger partial charge >= 0.3 is 0 Å². The maximum Gasteiger partial charge on any atom is 0.184 e. The van der Waals surface area contributed by atoms with Crippen LogP contribution in [-0.2, 0) is 9.47 Å². The van der Waals surface area contributed by atoms with Gasteiger partial charge in [-0.05, 0) is 24.6 Å². The molecule has 0 spiro atoms. The minimum Gasteiger partial charge on any atom is -0.348 e. The number of rotatable bonds is 1. The van der Waals surface area contributed by atoms with Crippen molar-refractivity contribution < 1.29 is 9.47 Å². The summed E-state index contributed by atoms with van der Waals surface area (Å²) in [5.74, 6) is 6.40. The summed E-state index contributed by atoms with van der Waals surface area (Å²) in [6.07, 6.45) is 0.666. The molecule has 0 bridgehead atoms. The molecule has 0 atom stereocenters. The predicted molar refractivity (Wildman–Crippen MR) is 78.1 cm³/mol. The van der Waals surface area contributed by atoms with Gasteiger partial charge in [0.25, 0.3) is 0 Å². The Labute approximate surface area is 119 Å². The Morgan fingerprint density at radius 1 is 0.800 bits per heavy atom. The van der Waals surface area contributed by atoms with Crippen LogP contribution in [-0.4, -0.2) is 13.2 Å². The number of ether oxygens (including phenoxy) is 2. The van der Waals surface area contributed by atoms with Crippen LogP contribution in [0.4, 0.5) is 0 Å². The largest absolute Gasteiger partial charge is 0.348 e. The summed E-state index contributed by atoms with van der Waals surface area (Å²) in [7, 11) is 0. The zero-order chi connectivity index (χ0) is 13.6. The van der Waals surface area contributed by atoms with Crippen LogP contribution < -0.4 is 0 Å². The molecule has 1 fully saturated rings. The van der Waals surface area contributed by atoms with Crippen LogP contribution in [0.15, 0.2) is 54.6 Å². The van der Waals surface area contributed by atoms with Crippen molar-refractivity contribution in [3.63, 3.8) is 0 Å². The molecular weight excluding hydrogens is 248 g/mol. The lowest BCUT2D eigenvalue weighted by atomic mass is 10.1. The SMILES string of the molecule is C(#Cc1ccccc1C1OCCCO1)c1ccccc1. The highest BCUT2D eigenvalue weighted by molar-refractivity contribution is 5.46. The molecule has 1 aliphatic rings. The summed E-state index contributed by atoms with van der Waals surface area (Å²) in [5.41, 5.74) is 2.98. The fraction of sp³-hybridized carbons (Fsp3) is 0.222. The first-order valence-electron chi connectivity index (χ1n) is 6.83. The van der Waals surface area contributed by atoms with E-state index in [4.69, 9.17) is 9.47 Å². The molecule has 20 heavy (non-hydrogen) atoms. The molecule has 1 aliphatic heterocycles. The standard InChI is InChI=1S/C18H16O2/c1-2-7-15(8-3-1)11-12-16-9-4-5-10-17(16)18-19-13-6-14-20-18/h1-5,7-10,18H,6,13-14H2. The molecule has 3 rings (SSSR count). The smallest absolute Gasteiger partial charge is 0.184 e. The summed E-state index contributed by atoms with van der Waals surface area (Å²) in [4.78, 5) is 0. The van der Waals surface area contributed by atoms with E-state index in [1.54, 1.807) is 0 Å². The molecule has 1 heterocycles. The Hall–Kier alpha value is -2.08. The minimum atomic E-state index is -0.287. The van der Waals surface area contributed by atoms with E-state index < -0.39 is 0 Å². The first-order chi connectivity index (χ1) is 9.93. The van der Waals surface area contributed by atoms with Gasteiger partial charge in [0.1, 0.15) is 0 Å². The van der Waals surface area contributed by atoms with Crippen LogP contribution >= 0.6 is 0 Å². The molecule has 0 amide bonds. The fourth-order valence-corrected chi connectivity index (χ4v) is 2.14. The van der Waals surface area contributed by atoms with Gasteiger partial charge < -0.3 is 9.47 Å². The van der Waals surface area contributed by atoms with Gasteiger partial charge in [0.2, 0.25) is 0 Å². The van der Waals surface area contributed by atoms with Crippen molar-refractivity contribution in [3.8, 4) is 11.8 Å². The molecule has 2 nitrogen and oxygen atoms in total. The van der Waals surface area contributed by atoms with Crippen LogP contribution in [0.5, 0.6) is 0 Å². The zero-order valence-corrected chi connectivity index (χ0v) is 11.2. The summed E-state index contributed by atoms with van der Waals surface area (Å²) in [5, 5.41) is 0. The molecule has 0 saturated carbocycles. The Bertz CT molecular complexity index is 617. The Balaban J connectivity index is 1.88. The maximum absolute atomic E-state index is 5.67. The third-order valence-corrected chi connectivity index (χ3v) is 3.16. The molecule has 100 valence electrons. The van der Waals surface area contributed by atoms with Crippen molar-refractivity contribution in [1.82, 2.24) is 0 Å². The van der Waals surface area contributed by atoms with E-state index in [-0.39, 0.29) is 6.29 Å². The molecular formula is C18H16O2.